The van der Waals surface area contributed by atoms with Crippen LogP contribution in [0.2, 0.25) is 5.54 Å². The summed E-state index contributed by atoms with van der Waals surface area (Å²) in [4.78, 5) is 0. The highest BCUT2D eigenvalue weighted by Gasteiger charge is 2.48. The summed E-state index contributed by atoms with van der Waals surface area (Å²) in [6.07, 6.45) is 2.88. The van der Waals surface area contributed by atoms with Crippen LogP contribution in [0.25, 0.3) is 0 Å². The van der Waals surface area contributed by atoms with Crippen LogP contribution in [0.1, 0.15) is 53.9 Å². The highest BCUT2D eigenvalue weighted by molar-refractivity contribution is 6.62. The molecular formula is C13H31NO3Si. The minimum Gasteiger partial charge on any atom is -0.374 e. The van der Waals surface area contributed by atoms with Gasteiger partial charge in [-0.2, -0.15) is 0 Å². The Hall–Kier alpha value is 0.0569. The van der Waals surface area contributed by atoms with Crippen molar-refractivity contribution in [2.24, 2.45) is 5.73 Å². The van der Waals surface area contributed by atoms with Crippen LogP contribution >= 0.6 is 0 Å². The van der Waals surface area contributed by atoms with E-state index in [2.05, 4.69) is 13.8 Å². The lowest BCUT2D eigenvalue weighted by atomic mass is 10.1. The normalized spacial score (nSPS) is 15.7. The van der Waals surface area contributed by atoms with Gasteiger partial charge in [0.2, 0.25) is 0 Å². The molecule has 0 radical (unpaired) electrons. The molecule has 0 aliphatic carbocycles. The molecule has 0 saturated heterocycles. The molecule has 2 N–H and O–H groups in total. The zero-order valence-electron chi connectivity index (χ0n) is 12.7. The van der Waals surface area contributed by atoms with E-state index in [0.29, 0.717) is 25.4 Å². The highest BCUT2D eigenvalue weighted by Crippen LogP contribution is 2.33. The third-order valence-corrected chi connectivity index (χ3v) is 6.86. The first-order valence-corrected chi connectivity index (χ1v) is 9.07. The fraction of sp³-hybridized carbons (Fsp3) is 1.00. The van der Waals surface area contributed by atoms with Crippen molar-refractivity contribution in [3.63, 3.8) is 0 Å². The average Bonchev–Trinajstić information content (AvgIpc) is 2.36. The summed E-state index contributed by atoms with van der Waals surface area (Å²) >= 11 is 0. The van der Waals surface area contributed by atoms with Gasteiger partial charge in [0.15, 0.2) is 0 Å². The molecule has 0 amide bonds. The zero-order valence-corrected chi connectivity index (χ0v) is 13.7. The van der Waals surface area contributed by atoms with Crippen molar-refractivity contribution in [1.29, 1.82) is 0 Å². The van der Waals surface area contributed by atoms with Crippen molar-refractivity contribution < 1.29 is 13.3 Å². The smallest absolute Gasteiger partial charge is 0.374 e. The number of hydrogen-bond donors (Lipinski definition) is 1. The second kappa shape index (κ2) is 9.92. The summed E-state index contributed by atoms with van der Waals surface area (Å²) in [7, 11) is -2.58. The predicted molar refractivity (Wildman–Crippen MR) is 77.6 cm³/mol. The molecule has 0 aliphatic heterocycles. The Bertz CT molecular complexity index is 188. The Morgan fingerprint density at radius 1 is 0.833 bits per heavy atom. The second-order valence-corrected chi connectivity index (χ2v) is 7.30. The van der Waals surface area contributed by atoms with Crippen molar-refractivity contribution in [3.8, 4) is 0 Å². The fourth-order valence-corrected chi connectivity index (χ4v) is 5.43. The van der Waals surface area contributed by atoms with E-state index in [-0.39, 0.29) is 6.04 Å². The molecule has 0 spiro atoms. The zero-order chi connectivity index (χ0) is 14.0. The third-order valence-electron chi connectivity index (χ3n) is 3.14. The maximum atomic E-state index is 6.09. The molecule has 4 nitrogen and oxygen atoms in total. The fourth-order valence-electron chi connectivity index (χ4n) is 2.18. The van der Waals surface area contributed by atoms with E-state index in [1.54, 1.807) is 0 Å². The number of hydrogen-bond acceptors (Lipinski definition) is 4. The van der Waals surface area contributed by atoms with Crippen LogP contribution in [-0.4, -0.2) is 34.7 Å². The maximum Gasteiger partial charge on any atom is 0.504 e. The van der Waals surface area contributed by atoms with Crippen molar-refractivity contribution in [2.45, 2.75) is 65.5 Å². The topological polar surface area (TPSA) is 53.7 Å². The molecular weight excluding hydrogens is 246 g/mol. The first kappa shape index (κ1) is 18.1. The molecule has 18 heavy (non-hydrogen) atoms. The summed E-state index contributed by atoms with van der Waals surface area (Å²) in [6.45, 7) is 12.1. The molecule has 5 heteroatoms. The van der Waals surface area contributed by atoms with Gasteiger partial charge in [0, 0.05) is 31.4 Å². The van der Waals surface area contributed by atoms with Gasteiger partial charge in [-0.1, -0.05) is 13.8 Å². The van der Waals surface area contributed by atoms with Crippen molar-refractivity contribution >= 4 is 8.80 Å². The monoisotopic (exact) mass is 277 g/mol. The van der Waals surface area contributed by atoms with Crippen LogP contribution in [0.15, 0.2) is 0 Å². The Morgan fingerprint density at radius 3 is 1.56 bits per heavy atom. The van der Waals surface area contributed by atoms with E-state index >= 15 is 0 Å². The molecule has 2 atom stereocenters. The van der Waals surface area contributed by atoms with Gasteiger partial charge in [-0.25, -0.2) is 0 Å². The average molecular weight is 277 g/mol. The van der Waals surface area contributed by atoms with Gasteiger partial charge in [-0.3, -0.25) is 0 Å². The third kappa shape index (κ3) is 5.36. The van der Waals surface area contributed by atoms with Crippen molar-refractivity contribution in [1.82, 2.24) is 0 Å². The summed E-state index contributed by atoms with van der Waals surface area (Å²) in [5.74, 6) is 0. The standard InChI is InChI=1S/C13H31NO3Si/c1-6-12(14)11-13(7-2)18(15-8-3,16-9-4)17-10-5/h12-13H,6-11,14H2,1-5H3. The molecule has 0 aromatic heterocycles. The highest BCUT2D eigenvalue weighted by atomic mass is 28.4. The van der Waals surface area contributed by atoms with E-state index in [0.717, 1.165) is 19.3 Å². The van der Waals surface area contributed by atoms with E-state index in [1.165, 1.54) is 0 Å². The lowest BCUT2D eigenvalue weighted by Gasteiger charge is -2.35. The van der Waals surface area contributed by atoms with E-state index in [9.17, 15) is 0 Å². The Kier molecular flexibility index (Phi) is 9.95. The first-order valence-electron chi connectivity index (χ1n) is 7.27. The Morgan fingerprint density at radius 2 is 1.28 bits per heavy atom. The molecule has 0 heterocycles. The first-order chi connectivity index (χ1) is 8.60. The molecule has 0 aromatic carbocycles. The maximum absolute atomic E-state index is 6.09. The quantitative estimate of drug-likeness (QED) is 0.590. The van der Waals surface area contributed by atoms with E-state index in [4.69, 9.17) is 19.0 Å². The molecule has 0 rings (SSSR count). The van der Waals surface area contributed by atoms with E-state index in [1.807, 2.05) is 20.8 Å². The predicted octanol–water partition coefficient (Wildman–Crippen LogP) is 2.94. The minimum atomic E-state index is -2.58. The van der Waals surface area contributed by atoms with Crippen LogP contribution in [-0.2, 0) is 13.3 Å². The number of rotatable bonds is 11. The van der Waals surface area contributed by atoms with Crippen LogP contribution in [0.5, 0.6) is 0 Å². The largest absolute Gasteiger partial charge is 0.504 e. The van der Waals surface area contributed by atoms with Crippen LogP contribution in [0.4, 0.5) is 0 Å². The molecule has 2 unspecified atom stereocenters. The van der Waals surface area contributed by atoms with Crippen LogP contribution in [0.3, 0.4) is 0 Å². The SMILES string of the molecule is CCO[Si](OCC)(OCC)C(CC)CC(N)CC. The second-order valence-electron chi connectivity index (χ2n) is 4.41. The Labute approximate surface area is 114 Å². The minimum absolute atomic E-state index is 0.197. The van der Waals surface area contributed by atoms with Gasteiger partial charge in [0.05, 0.1) is 0 Å². The molecule has 0 aromatic rings. The molecule has 0 aliphatic rings. The van der Waals surface area contributed by atoms with Gasteiger partial charge >= 0.3 is 8.80 Å². The summed E-state index contributed by atoms with van der Waals surface area (Å²) < 4.78 is 17.8. The van der Waals surface area contributed by atoms with Gasteiger partial charge < -0.3 is 19.0 Å². The summed E-state index contributed by atoms with van der Waals surface area (Å²) in [5, 5.41) is 0. The van der Waals surface area contributed by atoms with Crippen molar-refractivity contribution in [3.05, 3.63) is 0 Å². The number of nitrogens with two attached hydrogens (primary N) is 1. The summed E-state index contributed by atoms with van der Waals surface area (Å²) in [6, 6.07) is 0.197. The van der Waals surface area contributed by atoms with Gasteiger partial charge in [-0.05, 0) is 40.0 Å². The molecule has 0 fully saturated rings. The summed E-state index contributed by atoms with van der Waals surface area (Å²) in [5.41, 5.74) is 6.39. The molecule has 0 saturated carbocycles. The molecule has 0 bridgehead atoms. The van der Waals surface area contributed by atoms with Crippen molar-refractivity contribution in [2.75, 3.05) is 19.8 Å². The van der Waals surface area contributed by atoms with Gasteiger partial charge in [0.25, 0.3) is 0 Å². The lowest BCUT2D eigenvalue weighted by Crippen LogP contribution is -2.51. The van der Waals surface area contributed by atoms with Gasteiger partial charge in [0.1, 0.15) is 0 Å². The van der Waals surface area contributed by atoms with Crippen LogP contribution in [0, 0.1) is 0 Å². The van der Waals surface area contributed by atoms with Crippen LogP contribution < -0.4 is 5.73 Å². The lowest BCUT2D eigenvalue weighted by molar-refractivity contribution is 0.0583. The van der Waals surface area contributed by atoms with Gasteiger partial charge in [-0.15, -0.1) is 0 Å². The van der Waals surface area contributed by atoms with E-state index < -0.39 is 8.80 Å². The Balaban J connectivity index is 4.93. The molecule has 110 valence electrons.